The predicted molar refractivity (Wildman–Crippen MR) is 50.0 cm³/mol. The maximum Gasteiger partial charge on any atom is 0.402 e. The number of nitroso groups, excluding NO2 is 2. The van der Waals surface area contributed by atoms with E-state index in [9.17, 15) is 14.4 Å². The highest BCUT2D eigenvalue weighted by Crippen LogP contribution is 2.46. The van der Waals surface area contributed by atoms with Gasteiger partial charge in [-0.2, -0.15) is 0 Å². The molecule has 0 N–H and O–H groups in total. The summed E-state index contributed by atoms with van der Waals surface area (Å²) in [6.07, 6.45) is 0. The van der Waals surface area contributed by atoms with Crippen LogP contribution in [0.25, 0.3) is 0 Å². The molecule has 0 fully saturated rings. The molecule has 1 rings (SSSR count). The van der Waals surface area contributed by atoms with Crippen LogP contribution in [-0.4, -0.2) is 0 Å². The lowest BCUT2D eigenvalue weighted by Crippen LogP contribution is -1.99. The Morgan fingerprint density at radius 1 is 1.08 bits per heavy atom. The largest absolute Gasteiger partial charge is 0.402 e. The molecule has 0 saturated heterocycles. The van der Waals surface area contributed by atoms with Gasteiger partial charge in [-0.15, -0.1) is 9.81 Å². The fourth-order valence-corrected chi connectivity index (χ4v) is 1.60. The molecule has 5 nitrogen and oxygen atoms in total. The van der Waals surface area contributed by atoms with Gasteiger partial charge in [0.2, 0.25) is 0 Å². The van der Waals surface area contributed by atoms with Gasteiger partial charge in [0.05, 0.1) is 5.30 Å². The Bertz CT molecular complexity index is 362. The monoisotopic (exact) mass is 198 g/mol. The molecule has 0 aliphatic carbocycles. The zero-order valence-electron chi connectivity index (χ0n) is 6.88. The average molecular weight is 198 g/mol. The minimum absolute atomic E-state index is 0.0723. The standard InChI is InChI=1S/C7H7N2O3P/c1-6-2-4-7(5-3-6)13(12,8-10)9-11/h2-5H,1H3. The maximum atomic E-state index is 11.3. The highest BCUT2D eigenvalue weighted by atomic mass is 31.2. The van der Waals surface area contributed by atoms with E-state index in [1.54, 1.807) is 12.1 Å². The van der Waals surface area contributed by atoms with Crippen molar-refractivity contribution in [3.63, 3.8) is 0 Å². The van der Waals surface area contributed by atoms with Gasteiger partial charge in [-0.1, -0.05) is 17.7 Å². The van der Waals surface area contributed by atoms with Crippen LogP contribution in [0.1, 0.15) is 5.56 Å². The first-order valence-electron chi connectivity index (χ1n) is 3.49. The number of aryl methyl sites for hydroxylation is 1. The van der Waals surface area contributed by atoms with E-state index in [-0.39, 0.29) is 5.30 Å². The van der Waals surface area contributed by atoms with Gasteiger partial charge in [0.25, 0.3) is 0 Å². The lowest BCUT2D eigenvalue weighted by molar-refractivity contribution is 0.583. The van der Waals surface area contributed by atoms with Crippen LogP contribution in [0, 0.1) is 16.7 Å². The Morgan fingerprint density at radius 3 is 1.92 bits per heavy atom. The van der Waals surface area contributed by atoms with Crippen molar-refractivity contribution >= 4 is 12.7 Å². The molecule has 0 aliphatic rings. The molecule has 1 aromatic rings. The van der Waals surface area contributed by atoms with Gasteiger partial charge in [0.15, 0.2) is 0 Å². The van der Waals surface area contributed by atoms with E-state index in [0.717, 1.165) is 5.56 Å². The Labute approximate surface area is 74.6 Å². The van der Waals surface area contributed by atoms with Crippen LogP contribution in [0.2, 0.25) is 0 Å². The maximum absolute atomic E-state index is 11.3. The molecule has 1 aromatic carbocycles. The van der Waals surface area contributed by atoms with Gasteiger partial charge in [0, 0.05) is 9.89 Å². The molecular weight excluding hydrogens is 191 g/mol. The summed E-state index contributed by atoms with van der Waals surface area (Å²) in [6, 6.07) is 6.11. The number of hydrogen-bond donors (Lipinski definition) is 0. The van der Waals surface area contributed by atoms with E-state index >= 15 is 0 Å². The van der Waals surface area contributed by atoms with Gasteiger partial charge in [-0.25, -0.2) is 0 Å². The van der Waals surface area contributed by atoms with Crippen LogP contribution in [0.4, 0.5) is 0 Å². The summed E-state index contributed by atoms with van der Waals surface area (Å²) in [5, 5.41) is 0.0723. The number of hydrogen-bond acceptors (Lipinski definition) is 3. The minimum atomic E-state index is -3.91. The van der Waals surface area contributed by atoms with Crippen molar-refractivity contribution < 1.29 is 4.57 Å². The first-order chi connectivity index (χ1) is 6.12. The molecule has 0 aromatic heterocycles. The zero-order chi connectivity index (χ0) is 9.90. The number of benzene rings is 1. The quantitative estimate of drug-likeness (QED) is 0.552. The van der Waals surface area contributed by atoms with Crippen molar-refractivity contribution in [1.82, 2.24) is 0 Å². The van der Waals surface area contributed by atoms with Gasteiger partial charge in [-0.3, -0.25) is 4.57 Å². The van der Waals surface area contributed by atoms with Gasteiger partial charge in [0.1, 0.15) is 0 Å². The molecule has 0 saturated carbocycles. The van der Waals surface area contributed by atoms with Gasteiger partial charge >= 0.3 is 7.44 Å². The molecule has 0 aliphatic heterocycles. The van der Waals surface area contributed by atoms with E-state index in [1.165, 1.54) is 12.1 Å². The molecule has 13 heavy (non-hydrogen) atoms. The lowest BCUT2D eigenvalue weighted by Gasteiger charge is -2.00. The van der Waals surface area contributed by atoms with Crippen LogP contribution in [0.15, 0.2) is 34.2 Å². The summed E-state index contributed by atoms with van der Waals surface area (Å²) in [6.45, 7) is 1.83. The highest BCUT2D eigenvalue weighted by molar-refractivity contribution is 7.68. The molecule has 0 amide bonds. The summed E-state index contributed by atoms with van der Waals surface area (Å²) in [7, 11) is -3.91. The first kappa shape index (κ1) is 9.74. The topological polar surface area (TPSA) is 75.9 Å². The smallest absolute Gasteiger partial charge is 0.261 e. The summed E-state index contributed by atoms with van der Waals surface area (Å²) in [5.41, 5.74) is 0.937. The van der Waals surface area contributed by atoms with Crippen molar-refractivity contribution in [2.75, 3.05) is 0 Å². The molecule has 0 spiro atoms. The summed E-state index contributed by atoms with van der Waals surface area (Å²) in [4.78, 5) is 24.8. The molecule has 68 valence electrons. The van der Waals surface area contributed by atoms with Crippen molar-refractivity contribution in [2.45, 2.75) is 6.92 Å². The second kappa shape index (κ2) is 3.58. The van der Waals surface area contributed by atoms with E-state index in [0.29, 0.717) is 0 Å². The fourth-order valence-electron chi connectivity index (χ4n) is 0.848. The Balaban J connectivity index is 3.21. The molecule has 0 atom stereocenters. The Kier molecular flexibility index (Phi) is 2.68. The second-order valence-corrected chi connectivity index (χ2v) is 4.47. The molecule has 0 radical (unpaired) electrons. The third-order valence-electron chi connectivity index (χ3n) is 1.59. The molecule has 0 heterocycles. The normalized spacial score (nSPS) is 10.8. The summed E-state index contributed by atoms with van der Waals surface area (Å²) < 4.78 is 11.3. The molecule has 6 heteroatoms. The first-order valence-corrected chi connectivity index (χ1v) is 5.11. The van der Waals surface area contributed by atoms with E-state index < -0.39 is 7.44 Å². The SMILES string of the molecule is Cc1ccc(P(=O)(N=O)N=O)cc1. The lowest BCUT2D eigenvalue weighted by atomic mass is 10.2. The minimum Gasteiger partial charge on any atom is -0.261 e. The van der Waals surface area contributed by atoms with Gasteiger partial charge in [-0.05, 0) is 19.1 Å². The third-order valence-corrected chi connectivity index (χ3v) is 3.01. The van der Waals surface area contributed by atoms with Crippen molar-refractivity contribution in [1.29, 1.82) is 0 Å². The van der Waals surface area contributed by atoms with Crippen molar-refractivity contribution in [3.05, 3.63) is 39.6 Å². The molecule has 0 unspecified atom stereocenters. The van der Waals surface area contributed by atoms with E-state index in [1.807, 2.05) is 6.92 Å². The number of nitrogens with zero attached hydrogens (tertiary/aromatic N) is 2. The molecular formula is C7H7N2O3P. The fraction of sp³-hybridized carbons (Fsp3) is 0.143. The highest BCUT2D eigenvalue weighted by Gasteiger charge is 2.26. The zero-order valence-corrected chi connectivity index (χ0v) is 7.77. The Morgan fingerprint density at radius 2 is 1.54 bits per heavy atom. The number of rotatable bonds is 3. The van der Waals surface area contributed by atoms with Gasteiger partial charge < -0.3 is 0 Å². The average Bonchev–Trinajstić information content (AvgIpc) is 2.18. The summed E-state index contributed by atoms with van der Waals surface area (Å²) in [5.74, 6) is 0. The third kappa shape index (κ3) is 1.87. The molecule has 0 bridgehead atoms. The van der Waals surface area contributed by atoms with Crippen molar-refractivity contribution in [3.8, 4) is 0 Å². The summed E-state index contributed by atoms with van der Waals surface area (Å²) >= 11 is 0. The Hall–Kier alpha value is -1.35. The van der Waals surface area contributed by atoms with Crippen LogP contribution in [0.3, 0.4) is 0 Å². The van der Waals surface area contributed by atoms with Crippen LogP contribution < -0.4 is 5.30 Å². The second-order valence-electron chi connectivity index (χ2n) is 2.54. The van der Waals surface area contributed by atoms with E-state index in [4.69, 9.17) is 0 Å². The van der Waals surface area contributed by atoms with Crippen LogP contribution in [0.5, 0.6) is 0 Å². The van der Waals surface area contributed by atoms with E-state index in [2.05, 4.69) is 9.89 Å². The van der Waals surface area contributed by atoms with Crippen molar-refractivity contribution in [2.24, 2.45) is 9.89 Å². The van der Waals surface area contributed by atoms with Crippen LogP contribution >= 0.6 is 7.44 Å². The van der Waals surface area contributed by atoms with Crippen LogP contribution in [-0.2, 0) is 4.57 Å². The predicted octanol–water partition coefficient (Wildman–Crippen LogP) is 2.35.